The van der Waals surface area contributed by atoms with E-state index in [-0.39, 0.29) is 24.2 Å². The Kier molecular flexibility index (Phi) is 13.0. The molecule has 4 fully saturated rings. The summed E-state index contributed by atoms with van der Waals surface area (Å²) < 4.78 is 40.6. The Morgan fingerprint density at radius 2 is 1.57 bits per heavy atom. The van der Waals surface area contributed by atoms with Crippen molar-refractivity contribution in [3.05, 3.63) is 11.1 Å². The molecule has 17 nitrogen and oxygen atoms in total. The number of hydrogen-bond donors (Lipinski definition) is 4. The van der Waals surface area contributed by atoms with Gasteiger partial charge in [-0.15, -0.1) is 0 Å². The van der Waals surface area contributed by atoms with Crippen LogP contribution in [0.15, 0.2) is 11.1 Å². The largest absolute Gasteiger partial charge is 0.508 e. The Balaban J connectivity index is 1.72. The third-order valence-corrected chi connectivity index (χ3v) is 13.6. The summed E-state index contributed by atoms with van der Waals surface area (Å²) in [4.78, 5) is 83.0. The first-order valence-corrected chi connectivity index (χ1v) is 20.9. The highest BCUT2D eigenvalue weighted by atomic mass is 16.8. The fourth-order valence-electron chi connectivity index (χ4n) is 10.3. The van der Waals surface area contributed by atoms with Crippen LogP contribution in [0.25, 0.3) is 0 Å². The minimum atomic E-state index is -2.35. The zero-order valence-corrected chi connectivity index (χ0v) is 37.0. The van der Waals surface area contributed by atoms with Gasteiger partial charge in [0.05, 0.1) is 43.1 Å². The maximum absolute atomic E-state index is 15.5. The van der Waals surface area contributed by atoms with Crippen LogP contribution in [0, 0.1) is 28.1 Å². The summed E-state index contributed by atoms with van der Waals surface area (Å²) in [5, 5.41) is 39.9. The van der Waals surface area contributed by atoms with E-state index in [1.54, 1.807) is 55.4 Å². The normalized spacial score (nSPS) is 35.1. The fourth-order valence-corrected chi connectivity index (χ4v) is 10.3. The molecule has 1 saturated heterocycles. The van der Waals surface area contributed by atoms with Gasteiger partial charge in [-0.05, 0) is 64.0 Å². The minimum Gasteiger partial charge on any atom is -0.459 e. The van der Waals surface area contributed by atoms with Crippen molar-refractivity contribution in [3.8, 4) is 0 Å². The van der Waals surface area contributed by atoms with E-state index in [0.29, 0.717) is 12.8 Å². The minimum absolute atomic E-state index is 0.0171. The van der Waals surface area contributed by atoms with Crippen molar-refractivity contribution in [2.24, 2.45) is 28.1 Å². The second-order valence-electron chi connectivity index (χ2n) is 20.1. The molecule has 1 heterocycles. The topological polar surface area (TPSA) is 240 Å². The molecular weight excluding hydrogens is 786 g/mol. The molecule has 11 atom stereocenters. The third kappa shape index (κ3) is 8.27. The van der Waals surface area contributed by atoms with Crippen molar-refractivity contribution in [1.29, 1.82) is 0 Å². The summed E-state index contributed by atoms with van der Waals surface area (Å²) >= 11 is 0. The highest BCUT2D eigenvalue weighted by molar-refractivity contribution is 5.95. The van der Waals surface area contributed by atoms with E-state index in [1.807, 2.05) is 0 Å². The molecule has 0 aromatic heterocycles. The fraction of sp³-hybridized carbons (Fsp3) is 0.814. The third-order valence-electron chi connectivity index (χ3n) is 13.6. The number of ketones is 1. The highest BCUT2D eigenvalue weighted by Crippen LogP contribution is 2.64. The second-order valence-corrected chi connectivity index (χ2v) is 20.1. The van der Waals surface area contributed by atoms with Gasteiger partial charge in [0.25, 0.3) is 0 Å². The molecule has 1 aliphatic heterocycles. The van der Waals surface area contributed by atoms with Crippen molar-refractivity contribution in [1.82, 2.24) is 5.32 Å². The first-order valence-electron chi connectivity index (χ1n) is 20.9. The van der Waals surface area contributed by atoms with E-state index >= 15 is 4.79 Å². The number of alkyl carbamates (subject to hydrolysis) is 1. The number of Topliss-reactive ketones (excluding diaryl/α,β-unsaturated/α-hetero) is 1. The number of methoxy groups -OCH3 is 1. The number of carbonyl (C=O) groups excluding carboxylic acids is 6. The van der Waals surface area contributed by atoms with Crippen molar-refractivity contribution >= 4 is 35.9 Å². The number of amides is 1. The number of rotatable bonds is 8. The molecule has 0 spiro atoms. The maximum Gasteiger partial charge on any atom is 0.508 e. The molecule has 60 heavy (non-hydrogen) atoms. The van der Waals surface area contributed by atoms with Crippen LogP contribution in [0.1, 0.15) is 121 Å². The van der Waals surface area contributed by atoms with E-state index in [2.05, 4.69) is 5.32 Å². The smallest absolute Gasteiger partial charge is 0.459 e. The van der Waals surface area contributed by atoms with Crippen LogP contribution in [0.5, 0.6) is 0 Å². The van der Waals surface area contributed by atoms with Gasteiger partial charge in [0.1, 0.15) is 29.5 Å². The van der Waals surface area contributed by atoms with Crippen molar-refractivity contribution in [2.75, 3.05) is 13.7 Å². The van der Waals surface area contributed by atoms with Crippen molar-refractivity contribution < 1.29 is 77.2 Å². The van der Waals surface area contributed by atoms with Crippen LogP contribution in [-0.4, -0.2) is 124 Å². The van der Waals surface area contributed by atoms with Crippen LogP contribution in [0.4, 0.5) is 9.59 Å². The molecule has 338 valence electrons. The molecule has 0 radical (unpaired) electrons. The second kappa shape index (κ2) is 16.5. The summed E-state index contributed by atoms with van der Waals surface area (Å²) in [5.74, 6) is -5.77. The van der Waals surface area contributed by atoms with Gasteiger partial charge in [-0.2, -0.15) is 0 Å². The van der Waals surface area contributed by atoms with Gasteiger partial charge in [-0.1, -0.05) is 53.9 Å². The summed E-state index contributed by atoms with van der Waals surface area (Å²) in [6.45, 7) is 16.9. The lowest BCUT2D eigenvalue weighted by Crippen LogP contribution is -2.82. The number of fused-ring (bicyclic) bond motifs is 5. The van der Waals surface area contributed by atoms with Gasteiger partial charge in [0, 0.05) is 25.2 Å². The SMILES string of the molecule is COC(=O)O[C@@]12CO[C@@H]1C[C@H](O)[C@@]1(C)C(=O)[C@H](OC(C)=O)C3=C(C)[C@H](OC(=O)[C@H](O)[C@H](NC(=O)OC(C)(C)C)C(C)(C)C)C[C@@](O)([C@@H](OC(=O)C4CCCCC4)C12)C3(C)C. The van der Waals surface area contributed by atoms with Gasteiger partial charge in [0.2, 0.25) is 0 Å². The Morgan fingerprint density at radius 3 is 2.08 bits per heavy atom. The van der Waals surface area contributed by atoms with Crippen LogP contribution in [0.2, 0.25) is 0 Å². The molecule has 0 aromatic carbocycles. The number of ether oxygens (including phenoxy) is 7. The number of hydrogen-bond acceptors (Lipinski definition) is 16. The maximum atomic E-state index is 15.5. The predicted octanol–water partition coefficient (Wildman–Crippen LogP) is 3.99. The van der Waals surface area contributed by atoms with Gasteiger partial charge in [0.15, 0.2) is 23.6 Å². The lowest BCUT2D eigenvalue weighted by Gasteiger charge is -2.67. The van der Waals surface area contributed by atoms with Gasteiger partial charge in [-0.3, -0.25) is 14.4 Å². The van der Waals surface area contributed by atoms with Crippen LogP contribution in [-0.2, 0) is 52.3 Å². The van der Waals surface area contributed by atoms with E-state index in [9.17, 15) is 39.3 Å². The first kappa shape index (κ1) is 47.3. The Morgan fingerprint density at radius 1 is 0.950 bits per heavy atom. The van der Waals surface area contributed by atoms with Gasteiger partial charge >= 0.3 is 30.2 Å². The first-order chi connectivity index (χ1) is 27.6. The Bertz CT molecular complexity index is 1750. The monoisotopic (exact) mass is 851 g/mol. The molecule has 1 unspecified atom stereocenters. The Hall–Kier alpha value is -3.80. The summed E-state index contributed by atoms with van der Waals surface area (Å²) in [6.07, 6.45) is -9.05. The summed E-state index contributed by atoms with van der Waals surface area (Å²) in [6, 6.07) is -1.25. The van der Waals surface area contributed by atoms with Crippen LogP contribution < -0.4 is 5.32 Å². The standard InChI is InChI=1S/C43H65NO16/c1-21-24(57-35(50)28(47)31(38(3,4)5)44-36(51)59-39(6,7)8)19-43(53)33(58-34(49)23-16-14-13-15-17-23)30-41(11,32(48)29(56-22(2)45)27(21)40(43,9)10)25(46)18-26-42(30,20-55-26)60-37(52)54-12/h23-26,28-31,33,46-47,53H,13-20H2,1-12H3,(H,44,51)/t24-,25+,26-,28-,29-,30?,31+,33+,41-,42+,43-/m1/s1. The number of carbonyl (C=O) groups is 6. The van der Waals surface area contributed by atoms with E-state index in [0.717, 1.165) is 33.3 Å². The molecule has 17 heteroatoms. The average molecular weight is 852 g/mol. The van der Waals surface area contributed by atoms with Crippen LogP contribution >= 0.6 is 0 Å². The number of esters is 3. The summed E-state index contributed by atoms with van der Waals surface area (Å²) in [7, 11) is 1.09. The van der Waals surface area contributed by atoms with Gasteiger partial charge < -0.3 is 53.8 Å². The molecule has 3 saturated carbocycles. The molecule has 1 amide bonds. The average Bonchev–Trinajstić information content (AvgIpc) is 3.13. The molecule has 4 N–H and O–H groups in total. The van der Waals surface area contributed by atoms with E-state index < -0.39 is 130 Å². The number of nitrogens with one attached hydrogen (secondary N) is 1. The highest BCUT2D eigenvalue weighted by Gasteiger charge is 2.78. The summed E-state index contributed by atoms with van der Waals surface area (Å²) in [5.41, 5.74) is -9.50. The van der Waals surface area contributed by atoms with E-state index in [1.165, 1.54) is 13.8 Å². The number of aliphatic hydroxyl groups is 3. The van der Waals surface area contributed by atoms with Crippen LogP contribution in [0.3, 0.4) is 0 Å². The number of aliphatic hydroxyl groups excluding tert-OH is 2. The zero-order valence-electron chi connectivity index (χ0n) is 37.0. The van der Waals surface area contributed by atoms with Gasteiger partial charge in [-0.25, -0.2) is 14.4 Å². The lowest BCUT2D eigenvalue weighted by atomic mass is 9.44. The Labute approximate surface area is 351 Å². The van der Waals surface area contributed by atoms with Crippen molar-refractivity contribution in [3.63, 3.8) is 0 Å². The van der Waals surface area contributed by atoms with E-state index in [4.69, 9.17) is 33.2 Å². The zero-order chi connectivity index (χ0) is 45.1. The molecule has 2 bridgehead atoms. The molecular formula is C43H65NO16. The predicted molar refractivity (Wildman–Crippen MR) is 210 cm³/mol. The molecule has 5 aliphatic rings. The van der Waals surface area contributed by atoms with Crippen molar-refractivity contribution in [2.45, 2.75) is 181 Å². The molecule has 0 aromatic rings. The molecule has 4 aliphatic carbocycles. The molecule has 5 rings (SSSR count). The quantitative estimate of drug-likeness (QED) is 0.153. The lowest BCUT2D eigenvalue weighted by molar-refractivity contribution is -0.346.